The second-order valence-corrected chi connectivity index (χ2v) is 11.7. The van der Waals surface area contributed by atoms with Gasteiger partial charge in [-0.2, -0.15) is 13.2 Å². The number of ether oxygens (including phenoxy) is 1. The number of hydrogen-bond donors (Lipinski definition) is 3. The average molecular weight is 612 g/mol. The quantitative estimate of drug-likeness (QED) is 0.272. The molecule has 2 amide bonds. The van der Waals surface area contributed by atoms with Gasteiger partial charge in [0.1, 0.15) is 17.4 Å². The first-order valence-electron chi connectivity index (χ1n) is 13.4. The molecule has 1 aliphatic heterocycles. The molecule has 0 saturated carbocycles. The molecule has 15 heteroatoms. The molecule has 3 aromatic rings. The summed E-state index contributed by atoms with van der Waals surface area (Å²) >= 11 is 1.62. The molecule has 1 aromatic carbocycles. The van der Waals surface area contributed by atoms with E-state index in [4.69, 9.17) is 25.4 Å². The van der Waals surface area contributed by atoms with Gasteiger partial charge < -0.3 is 25.8 Å². The van der Waals surface area contributed by atoms with E-state index < -0.39 is 12.1 Å². The number of carbonyl (C=O) groups excluding carboxylic acids is 1. The number of aryl methyl sites for hydroxylation is 1. The predicted molar refractivity (Wildman–Crippen MR) is 152 cm³/mol. The molecule has 0 unspecified atom stereocenters. The van der Waals surface area contributed by atoms with E-state index in [1.54, 1.807) is 20.9 Å². The van der Waals surface area contributed by atoms with Gasteiger partial charge in [0.15, 0.2) is 0 Å². The van der Waals surface area contributed by atoms with Gasteiger partial charge in [-0.25, -0.2) is 19.3 Å². The summed E-state index contributed by atoms with van der Waals surface area (Å²) in [6.07, 6.45) is 0.599. The van der Waals surface area contributed by atoms with Crippen LogP contribution in [0.2, 0.25) is 0 Å². The Labute approximate surface area is 245 Å². The van der Waals surface area contributed by atoms with Crippen LogP contribution in [-0.2, 0) is 17.6 Å². The van der Waals surface area contributed by atoms with Crippen LogP contribution >= 0.6 is 11.3 Å². The Kier molecular flexibility index (Phi) is 11.3. The number of aliphatic carboxylic acids is 1. The van der Waals surface area contributed by atoms with Crippen molar-refractivity contribution >= 4 is 23.3 Å². The van der Waals surface area contributed by atoms with E-state index in [9.17, 15) is 18.0 Å². The van der Waals surface area contributed by atoms with Crippen molar-refractivity contribution in [3.63, 3.8) is 0 Å². The van der Waals surface area contributed by atoms with Crippen molar-refractivity contribution < 1.29 is 32.6 Å². The van der Waals surface area contributed by atoms with Crippen LogP contribution < -0.4 is 15.8 Å². The summed E-state index contributed by atoms with van der Waals surface area (Å²) in [4.78, 5) is 27.4. The minimum Gasteiger partial charge on any atom is -0.491 e. The summed E-state index contributed by atoms with van der Waals surface area (Å²) in [5, 5.41) is 21.6. The zero-order valence-electron chi connectivity index (χ0n) is 23.8. The molecule has 0 atom stereocenters. The predicted octanol–water partition coefficient (Wildman–Crippen LogP) is 4.30. The maximum atomic E-state index is 11.9. The molecule has 0 radical (unpaired) electrons. The van der Waals surface area contributed by atoms with Crippen molar-refractivity contribution in [1.29, 1.82) is 0 Å². The summed E-state index contributed by atoms with van der Waals surface area (Å²) in [7, 11) is 0. The topological polar surface area (TPSA) is 148 Å². The van der Waals surface area contributed by atoms with Crippen LogP contribution in [0.4, 0.5) is 18.0 Å². The number of rotatable bonds is 11. The van der Waals surface area contributed by atoms with Gasteiger partial charge in [0.05, 0.1) is 35.4 Å². The fourth-order valence-electron chi connectivity index (χ4n) is 3.98. The zero-order valence-corrected chi connectivity index (χ0v) is 24.6. The van der Waals surface area contributed by atoms with Gasteiger partial charge in [0, 0.05) is 24.5 Å². The van der Waals surface area contributed by atoms with Crippen molar-refractivity contribution in [1.82, 2.24) is 30.2 Å². The fourth-order valence-corrected chi connectivity index (χ4v) is 4.83. The fraction of sp³-hybridized carbons (Fsp3) is 0.519. The number of nitrogens with one attached hydrogen (secondary N) is 1. The Morgan fingerprint density at radius 2 is 1.95 bits per heavy atom. The van der Waals surface area contributed by atoms with Gasteiger partial charge in [0.2, 0.25) is 0 Å². The number of carboxylic acid groups (broad SMARTS) is 1. The van der Waals surface area contributed by atoms with E-state index in [-0.39, 0.29) is 11.4 Å². The van der Waals surface area contributed by atoms with Gasteiger partial charge in [-0.15, -0.1) is 16.4 Å². The maximum Gasteiger partial charge on any atom is 0.490 e. The summed E-state index contributed by atoms with van der Waals surface area (Å²) in [5.74, 6) is -2.04. The SMILES string of the molecule is CC(C)(C)Cc1csc(-c2ccc(-n3cc(CCCCN)nn3)cc2OCCN2CCNC2=O)n1.O=C(O)C(F)(F)F. The second-order valence-electron chi connectivity index (χ2n) is 10.8. The minimum atomic E-state index is -5.08. The molecule has 1 aliphatic rings. The van der Waals surface area contributed by atoms with Crippen molar-refractivity contribution in [3.05, 3.63) is 41.2 Å². The lowest BCUT2D eigenvalue weighted by Gasteiger charge is -2.17. The highest BCUT2D eigenvalue weighted by molar-refractivity contribution is 7.13. The molecule has 0 bridgehead atoms. The molecule has 0 aliphatic carbocycles. The maximum absolute atomic E-state index is 11.9. The van der Waals surface area contributed by atoms with Crippen molar-refractivity contribution in [3.8, 4) is 22.0 Å². The van der Waals surface area contributed by atoms with Gasteiger partial charge in [-0.1, -0.05) is 26.0 Å². The second kappa shape index (κ2) is 14.4. The van der Waals surface area contributed by atoms with Crippen LogP contribution in [-0.4, -0.2) is 80.9 Å². The highest BCUT2D eigenvalue weighted by Crippen LogP contribution is 2.35. The number of carbonyl (C=O) groups is 2. The van der Waals surface area contributed by atoms with Gasteiger partial charge in [0.25, 0.3) is 0 Å². The number of hydrogen-bond acceptors (Lipinski definition) is 8. The van der Waals surface area contributed by atoms with Gasteiger partial charge in [-0.3, -0.25) is 0 Å². The lowest BCUT2D eigenvalue weighted by atomic mass is 9.91. The molecule has 4 rings (SSSR count). The number of nitrogens with zero attached hydrogens (tertiary/aromatic N) is 5. The number of halogens is 3. The van der Waals surface area contributed by atoms with Gasteiger partial charge in [-0.05, 0) is 49.8 Å². The monoisotopic (exact) mass is 611 g/mol. The van der Waals surface area contributed by atoms with E-state index >= 15 is 0 Å². The van der Waals surface area contributed by atoms with Crippen LogP contribution in [0.15, 0.2) is 29.8 Å². The van der Waals surface area contributed by atoms with Crippen LogP contribution in [0.5, 0.6) is 5.75 Å². The number of unbranched alkanes of at least 4 members (excludes halogenated alkanes) is 1. The first kappa shape index (κ1) is 32.8. The summed E-state index contributed by atoms with van der Waals surface area (Å²) in [5.41, 5.74) is 9.60. The average Bonchev–Trinajstić information content (AvgIpc) is 3.65. The summed E-state index contributed by atoms with van der Waals surface area (Å²) in [6.45, 7) is 9.62. The summed E-state index contributed by atoms with van der Waals surface area (Å²) in [6, 6.07) is 5.98. The van der Waals surface area contributed by atoms with Crippen molar-refractivity contribution in [2.75, 3.05) is 32.8 Å². The highest BCUT2D eigenvalue weighted by Gasteiger charge is 2.38. The van der Waals surface area contributed by atoms with Crippen LogP contribution in [0, 0.1) is 5.41 Å². The number of benzene rings is 1. The number of thiazole rings is 1. The number of urea groups is 1. The molecule has 0 spiro atoms. The molecular weight excluding hydrogens is 575 g/mol. The molecule has 3 heterocycles. The Bertz CT molecular complexity index is 1340. The Morgan fingerprint density at radius 1 is 1.21 bits per heavy atom. The van der Waals surface area contributed by atoms with Gasteiger partial charge >= 0.3 is 18.2 Å². The smallest absolute Gasteiger partial charge is 0.490 e. The normalized spacial score (nSPS) is 13.5. The standard InChI is InChI=1S/C25H35N7O2S.C2HF3O2/c1-25(2,3)15-19-17-35-23(28-19)21-8-7-20(32-16-18(29-30-32)6-4-5-9-26)14-22(21)34-13-12-31-11-10-27-24(31)33;3-2(4,5)1(6)7/h7-8,14,16-17H,4-6,9-13,15,26H2,1-3H3,(H,27,33);(H,6,7). The number of amides is 2. The molecular formula is C27H36F3N7O4S. The summed E-state index contributed by atoms with van der Waals surface area (Å²) < 4.78 is 39.7. The minimum absolute atomic E-state index is 0.0425. The molecule has 1 fully saturated rings. The van der Waals surface area contributed by atoms with E-state index in [1.165, 1.54) is 0 Å². The van der Waals surface area contributed by atoms with Crippen molar-refractivity contribution in [2.45, 2.75) is 52.6 Å². The Balaban J connectivity index is 0.000000616. The van der Waals surface area contributed by atoms with E-state index in [1.807, 2.05) is 24.4 Å². The molecule has 11 nitrogen and oxygen atoms in total. The van der Waals surface area contributed by atoms with Crippen LogP contribution in [0.3, 0.4) is 0 Å². The van der Waals surface area contributed by atoms with E-state index in [0.29, 0.717) is 32.8 Å². The van der Waals surface area contributed by atoms with Crippen LogP contribution in [0.25, 0.3) is 16.3 Å². The third-order valence-corrected chi connectivity index (χ3v) is 6.88. The first-order chi connectivity index (χ1) is 19.8. The Hall–Kier alpha value is -3.72. The Morgan fingerprint density at radius 3 is 2.57 bits per heavy atom. The molecule has 4 N–H and O–H groups in total. The van der Waals surface area contributed by atoms with Crippen molar-refractivity contribution in [2.24, 2.45) is 11.1 Å². The number of nitrogens with two attached hydrogens (primary N) is 1. The first-order valence-corrected chi connectivity index (χ1v) is 14.3. The third kappa shape index (κ3) is 9.98. The molecule has 1 saturated heterocycles. The third-order valence-electron chi connectivity index (χ3n) is 5.96. The lowest BCUT2D eigenvalue weighted by Crippen LogP contribution is -2.31. The van der Waals surface area contributed by atoms with Crippen LogP contribution in [0.1, 0.15) is 45.0 Å². The number of aromatic nitrogens is 4. The molecule has 230 valence electrons. The molecule has 42 heavy (non-hydrogen) atoms. The molecule has 2 aromatic heterocycles. The lowest BCUT2D eigenvalue weighted by molar-refractivity contribution is -0.192. The zero-order chi connectivity index (χ0) is 30.9. The number of alkyl halides is 3. The van der Waals surface area contributed by atoms with E-state index in [2.05, 4.69) is 41.8 Å². The number of carboxylic acids is 1. The largest absolute Gasteiger partial charge is 0.491 e. The van der Waals surface area contributed by atoms with E-state index in [0.717, 1.165) is 59.1 Å². The highest BCUT2D eigenvalue weighted by atomic mass is 32.1.